The number of hydrogen-bond donors (Lipinski definition) is 2. The zero-order valence-corrected chi connectivity index (χ0v) is 19.1. The van der Waals surface area contributed by atoms with Crippen molar-refractivity contribution in [3.8, 4) is 0 Å². The zero-order chi connectivity index (χ0) is 17.4. The Morgan fingerprint density at radius 3 is 2.68 bits per heavy atom. The molecule has 0 atom stereocenters. The number of aliphatic imine (C=N–C) groups is 1. The first-order valence-corrected chi connectivity index (χ1v) is 9.81. The van der Waals surface area contributed by atoms with Gasteiger partial charge in [0.05, 0.1) is 12.2 Å². The molecule has 0 bridgehead atoms. The Morgan fingerprint density at radius 1 is 1.40 bits per heavy atom. The first kappa shape index (κ1) is 22.4. The first-order chi connectivity index (χ1) is 11.6. The van der Waals surface area contributed by atoms with Crippen molar-refractivity contribution in [2.75, 3.05) is 45.7 Å². The number of likely N-dealkylation sites (tertiary alicyclic amines) is 1. The van der Waals surface area contributed by atoms with Crippen molar-refractivity contribution in [3.63, 3.8) is 0 Å². The van der Waals surface area contributed by atoms with Gasteiger partial charge in [0.1, 0.15) is 0 Å². The molecule has 0 saturated carbocycles. The highest BCUT2D eigenvalue weighted by molar-refractivity contribution is 14.0. The second-order valence-electron chi connectivity index (χ2n) is 6.56. The molecule has 1 saturated heterocycles. The predicted octanol–water partition coefficient (Wildman–Crippen LogP) is 2.76. The largest absolute Gasteiger partial charge is 0.354 e. The summed E-state index contributed by atoms with van der Waals surface area (Å²) in [6.07, 6.45) is 4.96. The van der Waals surface area contributed by atoms with E-state index in [2.05, 4.69) is 37.8 Å². The van der Waals surface area contributed by atoms with Crippen LogP contribution in [-0.4, -0.2) is 62.7 Å². The highest BCUT2D eigenvalue weighted by atomic mass is 127. The van der Waals surface area contributed by atoms with Crippen LogP contribution in [0.4, 0.5) is 5.13 Å². The molecule has 2 N–H and O–H groups in total. The van der Waals surface area contributed by atoms with Crippen LogP contribution in [0.1, 0.15) is 38.3 Å². The van der Waals surface area contributed by atoms with Crippen LogP contribution in [-0.2, 0) is 6.54 Å². The molecule has 1 aromatic rings. The van der Waals surface area contributed by atoms with Gasteiger partial charge in [-0.1, -0.05) is 13.3 Å². The van der Waals surface area contributed by atoms with Crippen molar-refractivity contribution >= 4 is 46.4 Å². The fraction of sp³-hybridized carbons (Fsp3) is 0.765. The summed E-state index contributed by atoms with van der Waals surface area (Å²) in [6.45, 7) is 6.58. The highest BCUT2D eigenvalue weighted by Crippen LogP contribution is 2.17. The Morgan fingerprint density at radius 2 is 2.12 bits per heavy atom. The smallest absolute Gasteiger partial charge is 0.191 e. The van der Waals surface area contributed by atoms with Gasteiger partial charge >= 0.3 is 0 Å². The molecule has 8 heteroatoms. The van der Waals surface area contributed by atoms with Gasteiger partial charge in [-0.3, -0.25) is 4.99 Å². The molecule has 6 nitrogen and oxygen atoms in total. The summed E-state index contributed by atoms with van der Waals surface area (Å²) in [5, 5.41) is 10.1. The SMILES string of the molecule is CCCCN1CCC(NC(=NC)NCc2csc(N(C)C)n2)CC1.I. The van der Waals surface area contributed by atoms with Crippen LogP contribution in [0, 0.1) is 0 Å². The van der Waals surface area contributed by atoms with E-state index in [4.69, 9.17) is 0 Å². The lowest BCUT2D eigenvalue weighted by atomic mass is 10.0. The summed E-state index contributed by atoms with van der Waals surface area (Å²) in [4.78, 5) is 13.6. The second-order valence-corrected chi connectivity index (χ2v) is 7.39. The van der Waals surface area contributed by atoms with Gasteiger partial charge in [0, 0.05) is 45.7 Å². The number of rotatable bonds is 7. The van der Waals surface area contributed by atoms with Gasteiger partial charge in [-0.2, -0.15) is 0 Å². The van der Waals surface area contributed by atoms with Crippen LogP contribution in [0.25, 0.3) is 0 Å². The van der Waals surface area contributed by atoms with E-state index in [0.717, 1.165) is 16.8 Å². The molecule has 0 spiro atoms. The fourth-order valence-electron chi connectivity index (χ4n) is 2.83. The second kappa shape index (κ2) is 11.9. The van der Waals surface area contributed by atoms with Crippen LogP contribution >= 0.6 is 35.3 Å². The summed E-state index contributed by atoms with van der Waals surface area (Å²) in [7, 11) is 5.87. The van der Waals surface area contributed by atoms with Crippen molar-refractivity contribution in [1.29, 1.82) is 0 Å². The van der Waals surface area contributed by atoms with E-state index in [1.807, 2.05) is 26.0 Å². The van der Waals surface area contributed by atoms with Gasteiger partial charge in [0.15, 0.2) is 11.1 Å². The van der Waals surface area contributed by atoms with E-state index in [1.165, 1.54) is 45.3 Å². The van der Waals surface area contributed by atoms with Crippen LogP contribution in [0.5, 0.6) is 0 Å². The number of hydrogen-bond acceptors (Lipinski definition) is 5. The average Bonchev–Trinajstić information content (AvgIpc) is 3.07. The lowest BCUT2D eigenvalue weighted by Gasteiger charge is -2.33. The van der Waals surface area contributed by atoms with Crippen LogP contribution in [0.2, 0.25) is 0 Å². The Labute approximate surface area is 173 Å². The minimum atomic E-state index is 0. The number of nitrogens with one attached hydrogen (secondary N) is 2. The molecule has 1 aromatic heterocycles. The van der Waals surface area contributed by atoms with E-state index in [-0.39, 0.29) is 24.0 Å². The monoisotopic (exact) mass is 480 g/mol. The molecule has 0 unspecified atom stereocenters. The lowest BCUT2D eigenvalue weighted by Crippen LogP contribution is -2.48. The Balaban J connectivity index is 0.00000312. The van der Waals surface area contributed by atoms with Crippen molar-refractivity contribution in [2.45, 2.75) is 45.2 Å². The topological polar surface area (TPSA) is 55.8 Å². The van der Waals surface area contributed by atoms with Gasteiger partial charge in [-0.05, 0) is 25.8 Å². The van der Waals surface area contributed by atoms with Gasteiger partial charge in [-0.25, -0.2) is 4.98 Å². The van der Waals surface area contributed by atoms with Crippen molar-refractivity contribution in [1.82, 2.24) is 20.5 Å². The molecule has 2 rings (SSSR count). The number of aromatic nitrogens is 1. The van der Waals surface area contributed by atoms with E-state index in [0.29, 0.717) is 12.6 Å². The van der Waals surface area contributed by atoms with Gasteiger partial charge in [0.25, 0.3) is 0 Å². The van der Waals surface area contributed by atoms with Crippen molar-refractivity contribution < 1.29 is 0 Å². The Kier molecular flexibility index (Phi) is 10.7. The molecule has 25 heavy (non-hydrogen) atoms. The number of anilines is 1. The quantitative estimate of drug-likeness (QED) is 0.357. The molecule has 2 heterocycles. The number of thiazole rings is 1. The first-order valence-electron chi connectivity index (χ1n) is 8.93. The minimum Gasteiger partial charge on any atom is -0.354 e. The summed E-state index contributed by atoms with van der Waals surface area (Å²) in [6, 6.07) is 0.516. The van der Waals surface area contributed by atoms with E-state index in [1.54, 1.807) is 11.3 Å². The number of nitrogens with zero attached hydrogens (tertiary/aromatic N) is 4. The maximum Gasteiger partial charge on any atom is 0.191 e. The predicted molar refractivity (Wildman–Crippen MR) is 120 cm³/mol. The fourth-order valence-corrected chi connectivity index (χ4v) is 3.59. The maximum absolute atomic E-state index is 4.59. The van der Waals surface area contributed by atoms with Crippen LogP contribution in [0.3, 0.4) is 0 Å². The van der Waals surface area contributed by atoms with Gasteiger partial charge in [0.2, 0.25) is 0 Å². The van der Waals surface area contributed by atoms with Crippen LogP contribution < -0.4 is 15.5 Å². The molecule has 1 fully saturated rings. The molecule has 144 valence electrons. The normalized spacial score (nSPS) is 16.4. The number of piperidine rings is 1. The van der Waals surface area contributed by atoms with E-state index >= 15 is 0 Å². The zero-order valence-electron chi connectivity index (χ0n) is 15.9. The average molecular weight is 480 g/mol. The third-order valence-electron chi connectivity index (χ3n) is 4.34. The number of halogens is 1. The minimum absolute atomic E-state index is 0. The standard InChI is InChI=1S/C17H32N6S.HI/c1-5-6-9-23-10-7-14(8-11-23)20-16(18-2)19-12-15-13-24-17(21-15)22(3)4;/h13-14H,5-12H2,1-4H3,(H2,18,19,20);1H. The molecule has 1 aliphatic heterocycles. The van der Waals surface area contributed by atoms with Crippen molar-refractivity contribution in [2.24, 2.45) is 4.99 Å². The summed E-state index contributed by atoms with van der Waals surface area (Å²) < 4.78 is 0. The number of unbranched alkanes of at least 4 members (excludes halogenated alkanes) is 1. The molecule has 1 aliphatic rings. The van der Waals surface area contributed by atoms with E-state index in [9.17, 15) is 0 Å². The van der Waals surface area contributed by atoms with Crippen molar-refractivity contribution in [3.05, 3.63) is 11.1 Å². The molecule has 0 aromatic carbocycles. The summed E-state index contributed by atoms with van der Waals surface area (Å²) in [5.41, 5.74) is 1.06. The molecule has 0 amide bonds. The highest BCUT2D eigenvalue weighted by Gasteiger charge is 2.19. The third-order valence-corrected chi connectivity index (χ3v) is 5.40. The number of guanidine groups is 1. The molecule has 0 radical (unpaired) electrons. The molecular formula is C17H33IN6S. The summed E-state index contributed by atoms with van der Waals surface area (Å²) in [5.74, 6) is 0.876. The third kappa shape index (κ3) is 7.65. The maximum atomic E-state index is 4.59. The Hall–Kier alpha value is -0.610. The van der Waals surface area contributed by atoms with Gasteiger partial charge < -0.3 is 20.4 Å². The van der Waals surface area contributed by atoms with Gasteiger partial charge in [-0.15, -0.1) is 35.3 Å². The molecular weight excluding hydrogens is 447 g/mol. The van der Waals surface area contributed by atoms with Crippen LogP contribution in [0.15, 0.2) is 10.4 Å². The lowest BCUT2D eigenvalue weighted by molar-refractivity contribution is 0.203. The van der Waals surface area contributed by atoms with E-state index < -0.39 is 0 Å². The summed E-state index contributed by atoms with van der Waals surface area (Å²) >= 11 is 1.67. The Bertz CT molecular complexity index is 511. The molecule has 0 aliphatic carbocycles.